The van der Waals surface area contributed by atoms with E-state index in [1.807, 2.05) is 13.8 Å². The van der Waals surface area contributed by atoms with Crippen LogP contribution in [0.2, 0.25) is 0 Å². The Morgan fingerprint density at radius 2 is 2.04 bits per heavy atom. The number of aryl methyl sites for hydroxylation is 1. The van der Waals surface area contributed by atoms with Gasteiger partial charge in [0.05, 0.1) is 11.1 Å². The maximum absolute atomic E-state index is 12.3. The molecule has 1 N–H and O–H groups in total. The van der Waals surface area contributed by atoms with Crippen molar-refractivity contribution >= 4 is 37.4 Å². The summed E-state index contributed by atoms with van der Waals surface area (Å²) in [5.74, 6) is 1.25. The standard InChI is InChI=1S/C16H24N4O2S2/c1-11(2)9-24(21,22)20-6-4-13(5-7-20)19-15-14-12(3)8-23-16(14)18-10-17-15/h8,10-11,13H,4-7,9H2,1-3H3,(H,17,18,19). The first-order valence-corrected chi connectivity index (χ1v) is 10.8. The maximum atomic E-state index is 12.3. The van der Waals surface area contributed by atoms with Gasteiger partial charge in [-0.1, -0.05) is 13.8 Å². The van der Waals surface area contributed by atoms with Gasteiger partial charge in [0, 0.05) is 19.1 Å². The molecule has 3 heterocycles. The monoisotopic (exact) mass is 368 g/mol. The highest BCUT2D eigenvalue weighted by atomic mass is 32.2. The third-order valence-electron chi connectivity index (χ3n) is 4.29. The van der Waals surface area contributed by atoms with Crippen LogP contribution in [0.5, 0.6) is 0 Å². The van der Waals surface area contributed by atoms with Gasteiger partial charge < -0.3 is 5.32 Å². The molecular weight excluding hydrogens is 344 g/mol. The van der Waals surface area contributed by atoms with E-state index in [4.69, 9.17) is 0 Å². The largest absolute Gasteiger partial charge is 0.367 e. The summed E-state index contributed by atoms with van der Waals surface area (Å²) in [6, 6.07) is 0.243. The van der Waals surface area contributed by atoms with Gasteiger partial charge in [0.15, 0.2) is 0 Å². The van der Waals surface area contributed by atoms with Gasteiger partial charge in [-0.2, -0.15) is 0 Å². The normalized spacial score (nSPS) is 17.7. The molecule has 8 heteroatoms. The summed E-state index contributed by atoms with van der Waals surface area (Å²) < 4.78 is 26.3. The van der Waals surface area contributed by atoms with Crippen molar-refractivity contribution in [3.05, 3.63) is 17.3 Å². The van der Waals surface area contributed by atoms with E-state index in [9.17, 15) is 8.42 Å². The zero-order valence-electron chi connectivity index (χ0n) is 14.3. The molecular formula is C16H24N4O2S2. The van der Waals surface area contributed by atoms with Crippen LogP contribution < -0.4 is 5.32 Å². The number of anilines is 1. The number of hydrogen-bond acceptors (Lipinski definition) is 6. The number of piperidine rings is 1. The van der Waals surface area contributed by atoms with Crippen LogP contribution in [0.25, 0.3) is 10.2 Å². The molecule has 24 heavy (non-hydrogen) atoms. The van der Waals surface area contributed by atoms with Gasteiger partial charge in [-0.15, -0.1) is 11.3 Å². The number of fused-ring (bicyclic) bond motifs is 1. The summed E-state index contributed by atoms with van der Waals surface area (Å²) in [4.78, 5) is 9.69. The lowest BCUT2D eigenvalue weighted by Gasteiger charge is -2.32. The van der Waals surface area contributed by atoms with Gasteiger partial charge in [0.2, 0.25) is 10.0 Å². The van der Waals surface area contributed by atoms with E-state index in [0.29, 0.717) is 13.1 Å². The zero-order valence-corrected chi connectivity index (χ0v) is 16.0. The number of thiophene rings is 1. The van der Waals surface area contributed by atoms with Crippen LogP contribution in [0.15, 0.2) is 11.7 Å². The molecule has 6 nitrogen and oxygen atoms in total. The molecule has 0 unspecified atom stereocenters. The number of hydrogen-bond donors (Lipinski definition) is 1. The van der Waals surface area contributed by atoms with Crippen molar-refractivity contribution in [2.75, 3.05) is 24.2 Å². The molecule has 1 saturated heterocycles. The molecule has 2 aromatic rings. The molecule has 0 aromatic carbocycles. The van der Waals surface area contributed by atoms with E-state index >= 15 is 0 Å². The Morgan fingerprint density at radius 1 is 1.33 bits per heavy atom. The fraction of sp³-hybridized carbons (Fsp3) is 0.625. The summed E-state index contributed by atoms with van der Waals surface area (Å²) >= 11 is 1.62. The average molecular weight is 369 g/mol. The van der Waals surface area contributed by atoms with Gasteiger partial charge in [-0.25, -0.2) is 22.7 Å². The van der Waals surface area contributed by atoms with Crippen LogP contribution in [0.3, 0.4) is 0 Å². The molecule has 0 aliphatic carbocycles. The van der Waals surface area contributed by atoms with Gasteiger partial charge in [-0.3, -0.25) is 0 Å². The minimum absolute atomic E-state index is 0.154. The molecule has 1 fully saturated rings. The first-order valence-electron chi connectivity index (χ1n) is 8.30. The fourth-order valence-corrected chi connectivity index (χ4v) is 5.84. The quantitative estimate of drug-likeness (QED) is 0.878. The zero-order chi connectivity index (χ0) is 17.3. The second-order valence-electron chi connectivity index (χ2n) is 6.81. The molecule has 0 atom stereocenters. The Balaban J connectivity index is 1.66. The van der Waals surface area contributed by atoms with Crippen LogP contribution in [0.1, 0.15) is 32.3 Å². The first-order chi connectivity index (χ1) is 11.4. The first kappa shape index (κ1) is 17.6. The summed E-state index contributed by atoms with van der Waals surface area (Å²) in [5.41, 5.74) is 1.18. The van der Waals surface area contributed by atoms with E-state index < -0.39 is 10.0 Å². The van der Waals surface area contributed by atoms with Crippen molar-refractivity contribution in [2.45, 2.75) is 39.7 Å². The second-order valence-corrected chi connectivity index (χ2v) is 9.68. The molecule has 0 radical (unpaired) electrons. The van der Waals surface area contributed by atoms with Crippen molar-refractivity contribution in [3.8, 4) is 0 Å². The molecule has 0 amide bonds. The third kappa shape index (κ3) is 3.70. The Kier molecular flexibility index (Phi) is 5.08. The Hall–Kier alpha value is -1.25. The average Bonchev–Trinajstić information content (AvgIpc) is 2.89. The molecule has 0 spiro atoms. The summed E-state index contributed by atoms with van der Waals surface area (Å²) in [5, 5.41) is 6.67. The lowest BCUT2D eigenvalue weighted by Crippen LogP contribution is -2.43. The molecule has 1 aliphatic rings. The molecule has 3 rings (SSSR count). The third-order valence-corrected chi connectivity index (χ3v) is 7.53. The Bertz CT molecular complexity index is 809. The smallest absolute Gasteiger partial charge is 0.214 e. The van der Waals surface area contributed by atoms with Crippen molar-refractivity contribution in [1.29, 1.82) is 0 Å². The van der Waals surface area contributed by atoms with E-state index in [2.05, 4.69) is 27.6 Å². The summed E-state index contributed by atoms with van der Waals surface area (Å²) in [6.07, 6.45) is 3.18. The lowest BCUT2D eigenvalue weighted by atomic mass is 10.1. The highest BCUT2D eigenvalue weighted by molar-refractivity contribution is 7.89. The predicted molar refractivity (Wildman–Crippen MR) is 99.0 cm³/mol. The highest BCUT2D eigenvalue weighted by Crippen LogP contribution is 2.29. The van der Waals surface area contributed by atoms with E-state index in [0.717, 1.165) is 28.9 Å². The van der Waals surface area contributed by atoms with E-state index in [1.165, 1.54) is 5.56 Å². The highest BCUT2D eigenvalue weighted by Gasteiger charge is 2.28. The van der Waals surface area contributed by atoms with Crippen molar-refractivity contribution in [1.82, 2.24) is 14.3 Å². The van der Waals surface area contributed by atoms with Gasteiger partial charge in [0.25, 0.3) is 0 Å². The minimum atomic E-state index is -3.13. The maximum Gasteiger partial charge on any atom is 0.214 e. The number of nitrogens with zero attached hydrogens (tertiary/aromatic N) is 3. The Morgan fingerprint density at radius 3 is 2.71 bits per heavy atom. The van der Waals surface area contributed by atoms with Crippen molar-refractivity contribution < 1.29 is 8.42 Å². The van der Waals surface area contributed by atoms with Crippen LogP contribution in [0, 0.1) is 12.8 Å². The summed E-state index contributed by atoms with van der Waals surface area (Å²) in [6.45, 7) is 7.09. The van der Waals surface area contributed by atoms with Crippen LogP contribution in [-0.4, -0.2) is 47.6 Å². The topological polar surface area (TPSA) is 75.2 Å². The van der Waals surface area contributed by atoms with Crippen molar-refractivity contribution in [3.63, 3.8) is 0 Å². The summed E-state index contributed by atoms with van der Waals surface area (Å²) in [7, 11) is -3.13. The second kappa shape index (κ2) is 6.93. The number of aromatic nitrogens is 2. The van der Waals surface area contributed by atoms with E-state index in [1.54, 1.807) is 22.0 Å². The van der Waals surface area contributed by atoms with Gasteiger partial charge >= 0.3 is 0 Å². The molecule has 2 aromatic heterocycles. The van der Waals surface area contributed by atoms with Gasteiger partial charge in [-0.05, 0) is 36.6 Å². The van der Waals surface area contributed by atoms with Crippen LogP contribution >= 0.6 is 11.3 Å². The number of nitrogens with one attached hydrogen (secondary N) is 1. The number of rotatable bonds is 5. The van der Waals surface area contributed by atoms with Crippen molar-refractivity contribution in [2.24, 2.45) is 5.92 Å². The molecule has 132 valence electrons. The van der Waals surface area contributed by atoms with Gasteiger partial charge in [0.1, 0.15) is 17.0 Å². The SMILES string of the molecule is Cc1csc2ncnc(NC3CCN(S(=O)(=O)CC(C)C)CC3)c12. The lowest BCUT2D eigenvalue weighted by molar-refractivity contribution is 0.328. The Labute approximate surface area is 147 Å². The number of sulfonamides is 1. The molecule has 1 aliphatic heterocycles. The molecule has 0 bridgehead atoms. The fourth-order valence-electron chi connectivity index (χ4n) is 3.13. The minimum Gasteiger partial charge on any atom is -0.367 e. The van der Waals surface area contributed by atoms with E-state index in [-0.39, 0.29) is 17.7 Å². The molecule has 0 saturated carbocycles. The predicted octanol–water partition coefficient (Wildman–Crippen LogP) is 2.86. The van der Waals surface area contributed by atoms with Crippen LogP contribution in [0.4, 0.5) is 5.82 Å². The van der Waals surface area contributed by atoms with Crippen LogP contribution in [-0.2, 0) is 10.0 Å².